The number of H-pyrrole nitrogens is 1. The Morgan fingerprint density at radius 3 is 2.15 bits per heavy atom. The summed E-state index contributed by atoms with van der Waals surface area (Å²) < 4.78 is 0. The van der Waals surface area contributed by atoms with Gasteiger partial charge in [-0.1, -0.05) is 6.07 Å². The van der Waals surface area contributed by atoms with Gasteiger partial charge in [-0.2, -0.15) is 5.26 Å². The molecule has 0 amide bonds. The van der Waals surface area contributed by atoms with Gasteiger partial charge in [-0.15, -0.1) is 0 Å². The van der Waals surface area contributed by atoms with Crippen LogP contribution in [0.15, 0.2) is 12.3 Å². The molecule has 0 bridgehead atoms. The quantitative estimate of drug-likeness (QED) is 0.890. The Bertz CT molecular complexity index is 674. The third-order valence-corrected chi connectivity index (χ3v) is 4.08. The molecule has 0 aliphatic heterocycles. The number of hydrogen-bond donors (Lipinski definition) is 1. The fraction of sp³-hybridized carbons (Fsp3) is 0.412. The Morgan fingerprint density at radius 2 is 1.65 bits per heavy atom. The van der Waals surface area contributed by atoms with Gasteiger partial charge in [0.2, 0.25) is 0 Å². The zero-order valence-corrected chi connectivity index (χ0v) is 13.0. The molecule has 1 N–H and O–H groups in total. The average molecular weight is 267 g/mol. The molecule has 2 rings (SSSR count). The number of benzene rings is 1. The third-order valence-electron chi connectivity index (χ3n) is 4.08. The van der Waals surface area contributed by atoms with E-state index in [1.165, 1.54) is 27.8 Å². The lowest BCUT2D eigenvalue weighted by molar-refractivity contribution is 0.640. The van der Waals surface area contributed by atoms with Gasteiger partial charge in [0.1, 0.15) is 11.2 Å². The highest BCUT2D eigenvalue weighted by Gasteiger charge is 2.24. The maximum absolute atomic E-state index is 9.21. The Labute approximate surface area is 120 Å². The van der Waals surface area contributed by atoms with Crippen molar-refractivity contribution in [1.82, 2.24) is 9.97 Å². The normalized spacial score (nSPS) is 11.4. The molecule has 1 heterocycles. The van der Waals surface area contributed by atoms with Crippen molar-refractivity contribution in [1.29, 1.82) is 5.26 Å². The summed E-state index contributed by atoms with van der Waals surface area (Å²) in [5, 5.41) is 9.21. The maximum Gasteiger partial charge on any atom is 0.126 e. The first kappa shape index (κ1) is 14.3. The molecule has 3 nitrogen and oxygen atoms in total. The number of aromatic nitrogens is 2. The van der Waals surface area contributed by atoms with Gasteiger partial charge in [-0.25, -0.2) is 4.98 Å². The molecular formula is C17H21N3. The van der Waals surface area contributed by atoms with Crippen molar-refractivity contribution in [2.75, 3.05) is 0 Å². The van der Waals surface area contributed by atoms with Crippen LogP contribution in [0.25, 0.3) is 11.3 Å². The monoisotopic (exact) mass is 267 g/mol. The molecule has 104 valence electrons. The smallest absolute Gasteiger partial charge is 0.126 e. The molecule has 1 aromatic heterocycles. The SMILES string of the molecule is Cc1cc(C)c(C)c(-c2cnc(C(C)(C)C#N)[nH]2)c1C. The molecule has 0 aliphatic carbocycles. The molecule has 0 saturated carbocycles. The summed E-state index contributed by atoms with van der Waals surface area (Å²) in [6.45, 7) is 12.3. The van der Waals surface area contributed by atoms with Crippen molar-refractivity contribution in [2.24, 2.45) is 0 Å². The van der Waals surface area contributed by atoms with E-state index in [0.29, 0.717) is 5.82 Å². The van der Waals surface area contributed by atoms with Crippen LogP contribution in [0.3, 0.4) is 0 Å². The summed E-state index contributed by atoms with van der Waals surface area (Å²) in [5.41, 5.74) is 6.67. The standard InChI is InChI=1S/C17H21N3/c1-10-7-11(2)13(4)15(12(10)3)14-8-19-16(20-14)17(5,6)9-18/h7-8H,1-6H3,(H,19,20). The number of nitrogens with one attached hydrogen (secondary N) is 1. The second-order valence-electron chi connectivity index (χ2n) is 6.02. The van der Waals surface area contributed by atoms with E-state index in [0.717, 1.165) is 5.69 Å². The van der Waals surface area contributed by atoms with Crippen LogP contribution in [-0.4, -0.2) is 9.97 Å². The van der Waals surface area contributed by atoms with Gasteiger partial charge in [-0.05, 0) is 63.8 Å². The van der Waals surface area contributed by atoms with Crippen LogP contribution in [0, 0.1) is 39.0 Å². The number of hydrogen-bond acceptors (Lipinski definition) is 2. The van der Waals surface area contributed by atoms with E-state index in [1.807, 2.05) is 20.0 Å². The van der Waals surface area contributed by atoms with Crippen LogP contribution in [0.2, 0.25) is 0 Å². The lowest BCUT2D eigenvalue weighted by Gasteiger charge is -2.15. The van der Waals surface area contributed by atoms with E-state index in [9.17, 15) is 5.26 Å². The first-order valence-corrected chi connectivity index (χ1v) is 6.82. The lowest BCUT2D eigenvalue weighted by Crippen LogP contribution is -2.15. The molecule has 1 aromatic carbocycles. The minimum atomic E-state index is -0.598. The molecule has 0 aliphatic rings. The van der Waals surface area contributed by atoms with E-state index in [1.54, 1.807) is 0 Å². The van der Waals surface area contributed by atoms with Crippen molar-refractivity contribution < 1.29 is 0 Å². The number of nitriles is 1. The minimum Gasteiger partial charge on any atom is -0.341 e. The molecule has 0 fully saturated rings. The molecule has 2 aromatic rings. The molecule has 0 atom stereocenters. The van der Waals surface area contributed by atoms with Crippen molar-refractivity contribution >= 4 is 0 Å². The predicted octanol–water partition coefficient (Wildman–Crippen LogP) is 4.11. The number of rotatable bonds is 2. The van der Waals surface area contributed by atoms with E-state index in [2.05, 4.69) is 49.8 Å². The van der Waals surface area contributed by atoms with Crippen molar-refractivity contribution in [3.8, 4) is 17.3 Å². The van der Waals surface area contributed by atoms with E-state index in [4.69, 9.17) is 0 Å². The lowest BCUT2D eigenvalue weighted by atomic mass is 9.92. The Balaban J connectivity index is 2.63. The predicted molar refractivity (Wildman–Crippen MR) is 81.6 cm³/mol. The van der Waals surface area contributed by atoms with Crippen LogP contribution in [-0.2, 0) is 5.41 Å². The summed E-state index contributed by atoms with van der Waals surface area (Å²) in [4.78, 5) is 7.72. The Morgan fingerprint density at radius 1 is 1.10 bits per heavy atom. The fourth-order valence-electron chi connectivity index (χ4n) is 2.44. The summed E-state index contributed by atoms with van der Waals surface area (Å²) >= 11 is 0. The molecule has 0 radical (unpaired) electrons. The zero-order valence-electron chi connectivity index (χ0n) is 13.0. The highest BCUT2D eigenvalue weighted by molar-refractivity contribution is 5.70. The summed E-state index contributed by atoms with van der Waals surface area (Å²) in [6.07, 6.45) is 1.84. The number of aromatic amines is 1. The number of imidazole rings is 1. The highest BCUT2D eigenvalue weighted by Crippen LogP contribution is 2.31. The minimum absolute atomic E-state index is 0.598. The molecule has 0 saturated heterocycles. The van der Waals surface area contributed by atoms with Crippen LogP contribution in [0.1, 0.15) is 41.9 Å². The Hall–Kier alpha value is -2.08. The second kappa shape index (κ2) is 4.79. The van der Waals surface area contributed by atoms with Gasteiger partial charge < -0.3 is 4.98 Å². The molecule has 0 spiro atoms. The van der Waals surface area contributed by atoms with Crippen molar-refractivity contribution in [3.63, 3.8) is 0 Å². The Kier molecular flexibility index (Phi) is 3.43. The van der Waals surface area contributed by atoms with Gasteiger partial charge in [0, 0.05) is 5.56 Å². The summed E-state index contributed by atoms with van der Waals surface area (Å²) in [5.74, 6) is 0.716. The number of nitrogens with zero attached hydrogens (tertiary/aromatic N) is 2. The van der Waals surface area contributed by atoms with Crippen LogP contribution in [0.5, 0.6) is 0 Å². The van der Waals surface area contributed by atoms with Crippen LogP contribution in [0.4, 0.5) is 0 Å². The zero-order chi connectivity index (χ0) is 15.1. The largest absolute Gasteiger partial charge is 0.341 e. The second-order valence-corrected chi connectivity index (χ2v) is 6.02. The highest BCUT2D eigenvalue weighted by atomic mass is 14.9. The summed E-state index contributed by atoms with van der Waals surface area (Å²) in [6, 6.07) is 4.49. The maximum atomic E-state index is 9.21. The third kappa shape index (κ3) is 2.22. The molecule has 3 heteroatoms. The van der Waals surface area contributed by atoms with Gasteiger partial charge in [0.25, 0.3) is 0 Å². The van der Waals surface area contributed by atoms with Crippen LogP contribution < -0.4 is 0 Å². The van der Waals surface area contributed by atoms with Gasteiger partial charge in [-0.3, -0.25) is 0 Å². The molecular weight excluding hydrogens is 246 g/mol. The van der Waals surface area contributed by atoms with Gasteiger partial charge >= 0.3 is 0 Å². The topological polar surface area (TPSA) is 52.5 Å². The van der Waals surface area contributed by atoms with Crippen LogP contribution >= 0.6 is 0 Å². The van der Waals surface area contributed by atoms with Gasteiger partial charge in [0.15, 0.2) is 0 Å². The van der Waals surface area contributed by atoms with Gasteiger partial charge in [0.05, 0.1) is 18.0 Å². The van der Waals surface area contributed by atoms with E-state index >= 15 is 0 Å². The average Bonchev–Trinajstić information content (AvgIpc) is 2.87. The van der Waals surface area contributed by atoms with Crippen molar-refractivity contribution in [3.05, 3.63) is 40.3 Å². The van der Waals surface area contributed by atoms with Crippen molar-refractivity contribution in [2.45, 2.75) is 47.0 Å². The molecule has 0 unspecified atom stereocenters. The van der Waals surface area contributed by atoms with E-state index < -0.39 is 5.41 Å². The molecule has 20 heavy (non-hydrogen) atoms. The number of aryl methyl sites for hydroxylation is 2. The van der Waals surface area contributed by atoms with E-state index in [-0.39, 0.29) is 0 Å². The summed E-state index contributed by atoms with van der Waals surface area (Å²) in [7, 11) is 0. The first-order chi connectivity index (χ1) is 9.27. The first-order valence-electron chi connectivity index (χ1n) is 6.82. The fourth-order valence-corrected chi connectivity index (χ4v) is 2.44.